The Kier molecular flexibility index (Phi) is 4.41. The third kappa shape index (κ3) is 3.14. The highest BCUT2D eigenvalue weighted by Crippen LogP contribution is 2.28. The fourth-order valence-electron chi connectivity index (χ4n) is 3.09. The quantitative estimate of drug-likeness (QED) is 0.335. The van der Waals surface area contributed by atoms with Crippen molar-refractivity contribution in [3.8, 4) is 0 Å². The van der Waals surface area contributed by atoms with Gasteiger partial charge in [0, 0.05) is 29.4 Å². The van der Waals surface area contributed by atoms with Crippen LogP contribution in [0.2, 0.25) is 0 Å². The first-order valence-electron chi connectivity index (χ1n) is 8.74. The third-order valence-corrected chi connectivity index (χ3v) is 4.37. The molecule has 0 saturated heterocycles. The molecule has 0 aliphatic rings. The predicted octanol–water partition coefficient (Wildman–Crippen LogP) is 3.37. The molecule has 2 heterocycles. The van der Waals surface area contributed by atoms with Crippen molar-refractivity contribution in [2.24, 2.45) is 10.7 Å². The van der Waals surface area contributed by atoms with Gasteiger partial charge in [0.05, 0.1) is 5.69 Å². The summed E-state index contributed by atoms with van der Waals surface area (Å²) in [6, 6.07) is 17.0. The number of nitrogens with zero attached hydrogens (tertiary/aromatic N) is 2. The summed E-state index contributed by atoms with van der Waals surface area (Å²) in [5.41, 5.74) is 7.24. The highest BCUT2D eigenvalue weighted by molar-refractivity contribution is 6.04. The number of para-hydroxylation sites is 2. The lowest BCUT2D eigenvalue weighted by atomic mass is 10.2. The van der Waals surface area contributed by atoms with Crippen molar-refractivity contribution in [3.63, 3.8) is 0 Å². The second-order valence-electron chi connectivity index (χ2n) is 6.11. The number of anilines is 1. The fraction of sp³-hybridized carbons (Fsp3) is 0.0952. The van der Waals surface area contributed by atoms with Crippen LogP contribution in [0.3, 0.4) is 0 Å². The first-order valence-corrected chi connectivity index (χ1v) is 8.74. The molecule has 0 unspecified atom stereocenters. The molecule has 0 amide bonds. The normalized spacial score (nSPS) is 11.8. The molecule has 0 fully saturated rings. The van der Waals surface area contributed by atoms with E-state index in [0.717, 1.165) is 10.8 Å². The van der Waals surface area contributed by atoms with Gasteiger partial charge in [0.15, 0.2) is 11.2 Å². The first-order chi connectivity index (χ1) is 13.6. The van der Waals surface area contributed by atoms with Gasteiger partial charge in [0.25, 0.3) is 0 Å². The summed E-state index contributed by atoms with van der Waals surface area (Å²) in [6.07, 6.45) is 0. The molecule has 28 heavy (non-hydrogen) atoms. The van der Waals surface area contributed by atoms with Gasteiger partial charge >= 0.3 is 11.3 Å². The molecule has 0 radical (unpaired) electrons. The molecule has 0 atom stereocenters. The molecule has 140 valence electrons. The van der Waals surface area contributed by atoms with Crippen molar-refractivity contribution in [3.05, 3.63) is 81.5 Å². The molecular weight excluding hydrogens is 358 g/mol. The molecule has 4 aromatic rings. The molecule has 0 aliphatic heterocycles. The van der Waals surface area contributed by atoms with Crippen LogP contribution in [0.15, 0.2) is 84.1 Å². The maximum atomic E-state index is 11.7. The van der Waals surface area contributed by atoms with E-state index in [0.29, 0.717) is 29.1 Å². The van der Waals surface area contributed by atoms with Gasteiger partial charge in [0.1, 0.15) is 5.69 Å². The standard InChI is InChI=1S/C21H17N3O4/c1-2-24(16-8-4-6-14-10-12-18(26)28-20(14)16)21(22)23-15-7-3-5-13-9-11-17(25)27-19(13)15/h3-12H,2H2,1H3,(H2,22,23). The van der Waals surface area contributed by atoms with Gasteiger partial charge in [-0.3, -0.25) is 0 Å². The Balaban J connectivity index is 1.86. The lowest BCUT2D eigenvalue weighted by molar-refractivity contribution is 0.561. The first kappa shape index (κ1) is 17.5. The average Bonchev–Trinajstić information content (AvgIpc) is 2.69. The third-order valence-electron chi connectivity index (χ3n) is 4.37. The van der Waals surface area contributed by atoms with Gasteiger partial charge in [0.2, 0.25) is 5.96 Å². The minimum absolute atomic E-state index is 0.181. The highest BCUT2D eigenvalue weighted by Gasteiger charge is 2.15. The SMILES string of the molecule is CCN(C(N)=Nc1cccc2ccc(=O)oc12)c1cccc2ccc(=O)oc12. The Bertz CT molecular complexity index is 1320. The predicted molar refractivity (Wildman–Crippen MR) is 109 cm³/mol. The molecular formula is C21H17N3O4. The number of fused-ring (bicyclic) bond motifs is 2. The number of aliphatic imine (C=N–C) groups is 1. The minimum Gasteiger partial charge on any atom is -0.420 e. The van der Waals surface area contributed by atoms with Gasteiger partial charge in [-0.15, -0.1) is 0 Å². The topological polar surface area (TPSA) is 102 Å². The Morgan fingerprint density at radius 3 is 2.18 bits per heavy atom. The van der Waals surface area contributed by atoms with Crippen LogP contribution in [0.1, 0.15) is 6.92 Å². The summed E-state index contributed by atoms with van der Waals surface area (Å²) in [6.45, 7) is 2.40. The van der Waals surface area contributed by atoms with E-state index in [-0.39, 0.29) is 5.96 Å². The molecule has 0 saturated carbocycles. The Hall–Kier alpha value is -3.87. The Morgan fingerprint density at radius 2 is 1.50 bits per heavy atom. The lowest BCUT2D eigenvalue weighted by Crippen LogP contribution is -2.37. The molecule has 2 aromatic carbocycles. The van der Waals surface area contributed by atoms with Gasteiger partial charge in [-0.2, -0.15) is 0 Å². The molecule has 0 spiro atoms. The van der Waals surface area contributed by atoms with Crippen molar-refractivity contribution < 1.29 is 8.83 Å². The van der Waals surface area contributed by atoms with Crippen LogP contribution in [0, 0.1) is 0 Å². The van der Waals surface area contributed by atoms with E-state index in [1.54, 1.807) is 29.2 Å². The summed E-state index contributed by atoms with van der Waals surface area (Å²) >= 11 is 0. The van der Waals surface area contributed by atoms with Crippen LogP contribution in [0.4, 0.5) is 11.4 Å². The summed E-state index contributed by atoms with van der Waals surface area (Å²) in [7, 11) is 0. The van der Waals surface area contributed by atoms with E-state index in [1.165, 1.54) is 12.1 Å². The zero-order valence-corrected chi connectivity index (χ0v) is 15.1. The molecule has 0 aliphatic carbocycles. The van der Waals surface area contributed by atoms with Gasteiger partial charge in [-0.25, -0.2) is 14.6 Å². The number of nitrogens with two attached hydrogens (primary N) is 1. The molecule has 7 heteroatoms. The van der Waals surface area contributed by atoms with Crippen LogP contribution in [-0.2, 0) is 0 Å². The van der Waals surface area contributed by atoms with Crippen molar-refractivity contribution in [2.45, 2.75) is 6.92 Å². The molecule has 2 aromatic heterocycles. The minimum atomic E-state index is -0.461. The van der Waals surface area contributed by atoms with Crippen molar-refractivity contribution in [2.75, 3.05) is 11.4 Å². The Morgan fingerprint density at radius 1 is 0.893 bits per heavy atom. The van der Waals surface area contributed by atoms with E-state index in [2.05, 4.69) is 4.99 Å². The summed E-state index contributed by atoms with van der Waals surface area (Å²) in [5, 5.41) is 1.52. The fourth-order valence-corrected chi connectivity index (χ4v) is 3.09. The summed E-state index contributed by atoms with van der Waals surface area (Å²) in [4.78, 5) is 29.5. The van der Waals surface area contributed by atoms with Gasteiger partial charge < -0.3 is 19.5 Å². The summed E-state index contributed by atoms with van der Waals surface area (Å²) in [5.74, 6) is 0.181. The van der Waals surface area contributed by atoms with Crippen molar-refractivity contribution in [1.29, 1.82) is 0 Å². The average molecular weight is 375 g/mol. The second-order valence-corrected chi connectivity index (χ2v) is 6.11. The maximum Gasteiger partial charge on any atom is 0.336 e. The molecule has 0 bridgehead atoms. The van der Waals surface area contributed by atoms with Crippen LogP contribution in [0.25, 0.3) is 21.9 Å². The van der Waals surface area contributed by atoms with Crippen molar-refractivity contribution >= 4 is 39.3 Å². The van der Waals surface area contributed by atoms with E-state index >= 15 is 0 Å². The smallest absolute Gasteiger partial charge is 0.336 e. The zero-order chi connectivity index (χ0) is 19.7. The summed E-state index contributed by atoms with van der Waals surface area (Å²) < 4.78 is 10.7. The lowest BCUT2D eigenvalue weighted by Gasteiger charge is -2.22. The monoisotopic (exact) mass is 375 g/mol. The van der Waals surface area contributed by atoms with Gasteiger partial charge in [-0.1, -0.05) is 24.3 Å². The number of benzene rings is 2. The van der Waals surface area contributed by atoms with E-state index < -0.39 is 11.3 Å². The number of guanidine groups is 1. The molecule has 7 nitrogen and oxygen atoms in total. The largest absolute Gasteiger partial charge is 0.420 e. The molecule has 2 N–H and O–H groups in total. The van der Waals surface area contributed by atoms with Crippen molar-refractivity contribution in [1.82, 2.24) is 0 Å². The highest BCUT2D eigenvalue weighted by atomic mass is 16.4. The van der Waals surface area contributed by atoms with Gasteiger partial charge in [-0.05, 0) is 31.2 Å². The van der Waals surface area contributed by atoms with Crippen LogP contribution >= 0.6 is 0 Å². The van der Waals surface area contributed by atoms with E-state index in [4.69, 9.17) is 14.6 Å². The second kappa shape index (κ2) is 7.03. The number of hydrogen-bond donors (Lipinski definition) is 1. The Labute approximate surface area is 159 Å². The zero-order valence-electron chi connectivity index (χ0n) is 15.1. The van der Waals surface area contributed by atoms with E-state index in [1.807, 2.05) is 31.2 Å². The number of hydrogen-bond acceptors (Lipinski definition) is 5. The van der Waals surface area contributed by atoms with E-state index in [9.17, 15) is 9.59 Å². The number of rotatable bonds is 3. The van der Waals surface area contributed by atoms with Crippen LogP contribution in [0.5, 0.6) is 0 Å². The maximum absolute atomic E-state index is 11.7. The van der Waals surface area contributed by atoms with Crippen LogP contribution < -0.4 is 21.9 Å². The molecule has 4 rings (SSSR count). The van der Waals surface area contributed by atoms with Crippen LogP contribution in [-0.4, -0.2) is 12.5 Å².